The van der Waals surface area contributed by atoms with Crippen molar-refractivity contribution in [3.8, 4) is 0 Å². The average Bonchev–Trinajstić information content (AvgIpc) is 2.31. The Balaban J connectivity index is 3.01. The first kappa shape index (κ1) is 13.3. The van der Waals surface area contributed by atoms with E-state index in [9.17, 15) is 4.79 Å². The van der Waals surface area contributed by atoms with Crippen LogP contribution in [-0.2, 0) is 0 Å². The standard InChI is InChI=1S/C12H19N3O2/c1-4-12(3,5-2)15-10-6-8(11(16)17)9(13)7-14-10/h6-7H,4-5,13H2,1-3H3,(H,14,15)(H,16,17). The Hall–Kier alpha value is -1.78. The molecule has 0 aliphatic rings. The van der Waals surface area contributed by atoms with Crippen LogP contribution >= 0.6 is 0 Å². The molecule has 0 fully saturated rings. The summed E-state index contributed by atoms with van der Waals surface area (Å²) < 4.78 is 0. The highest BCUT2D eigenvalue weighted by Crippen LogP contribution is 2.22. The van der Waals surface area contributed by atoms with Gasteiger partial charge in [0.2, 0.25) is 0 Å². The van der Waals surface area contributed by atoms with Crippen molar-refractivity contribution in [2.75, 3.05) is 11.1 Å². The first-order valence-electron chi connectivity index (χ1n) is 5.69. The minimum Gasteiger partial charge on any atom is -0.478 e. The number of aromatic nitrogens is 1. The van der Waals surface area contributed by atoms with E-state index in [4.69, 9.17) is 10.8 Å². The smallest absolute Gasteiger partial charge is 0.337 e. The summed E-state index contributed by atoms with van der Waals surface area (Å²) in [6.07, 6.45) is 3.23. The molecule has 0 aliphatic heterocycles. The monoisotopic (exact) mass is 237 g/mol. The van der Waals surface area contributed by atoms with E-state index >= 15 is 0 Å². The Morgan fingerprint density at radius 2 is 2.12 bits per heavy atom. The van der Waals surface area contributed by atoms with Crippen LogP contribution in [0.4, 0.5) is 11.5 Å². The maximum absolute atomic E-state index is 10.9. The van der Waals surface area contributed by atoms with Gasteiger partial charge in [0.25, 0.3) is 0 Å². The summed E-state index contributed by atoms with van der Waals surface area (Å²) in [6, 6.07) is 1.47. The molecule has 5 nitrogen and oxygen atoms in total. The fourth-order valence-corrected chi connectivity index (χ4v) is 1.46. The predicted molar refractivity (Wildman–Crippen MR) is 68.2 cm³/mol. The number of nitrogens with two attached hydrogens (primary N) is 1. The molecule has 1 aromatic heterocycles. The van der Waals surface area contributed by atoms with Crippen molar-refractivity contribution in [1.29, 1.82) is 0 Å². The molecule has 0 saturated carbocycles. The van der Waals surface area contributed by atoms with Gasteiger partial charge < -0.3 is 16.2 Å². The molecule has 94 valence electrons. The maximum atomic E-state index is 10.9. The second kappa shape index (κ2) is 5.03. The van der Waals surface area contributed by atoms with E-state index in [0.29, 0.717) is 5.82 Å². The lowest BCUT2D eigenvalue weighted by molar-refractivity contribution is 0.0698. The zero-order valence-electron chi connectivity index (χ0n) is 10.4. The molecule has 0 spiro atoms. The molecule has 0 atom stereocenters. The zero-order valence-corrected chi connectivity index (χ0v) is 10.4. The van der Waals surface area contributed by atoms with Crippen molar-refractivity contribution in [3.05, 3.63) is 17.8 Å². The van der Waals surface area contributed by atoms with Crippen LogP contribution in [0, 0.1) is 0 Å². The van der Waals surface area contributed by atoms with Crippen LogP contribution in [0.25, 0.3) is 0 Å². The van der Waals surface area contributed by atoms with Gasteiger partial charge in [0.1, 0.15) is 5.82 Å². The molecule has 0 radical (unpaired) electrons. The maximum Gasteiger partial charge on any atom is 0.337 e. The van der Waals surface area contributed by atoms with Crippen LogP contribution in [0.1, 0.15) is 44.0 Å². The van der Waals surface area contributed by atoms with E-state index in [1.165, 1.54) is 12.3 Å². The van der Waals surface area contributed by atoms with Gasteiger partial charge in [0, 0.05) is 5.54 Å². The number of rotatable bonds is 5. The minimum absolute atomic E-state index is 0.0806. The predicted octanol–water partition coefficient (Wildman–Crippen LogP) is 2.35. The van der Waals surface area contributed by atoms with Gasteiger partial charge in [-0.3, -0.25) is 0 Å². The summed E-state index contributed by atoms with van der Waals surface area (Å²) in [7, 11) is 0. The lowest BCUT2D eigenvalue weighted by Gasteiger charge is -2.29. The van der Waals surface area contributed by atoms with Crippen molar-refractivity contribution in [3.63, 3.8) is 0 Å². The van der Waals surface area contributed by atoms with Gasteiger partial charge in [-0.25, -0.2) is 9.78 Å². The van der Waals surface area contributed by atoms with Gasteiger partial charge in [-0.15, -0.1) is 0 Å². The highest BCUT2D eigenvalue weighted by molar-refractivity contribution is 5.94. The Morgan fingerprint density at radius 1 is 1.53 bits per heavy atom. The van der Waals surface area contributed by atoms with Gasteiger partial charge in [-0.1, -0.05) is 13.8 Å². The van der Waals surface area contributed by atoms with Gasteiger partial charge >= 0.3 is 5.97 Å². The van der Waals surface area contributed by atoms with Crippen LogP contribution in [0.15, 0.2) is 12.3 Å². The molecule has 0 bridgehead atoms. The van der Waals surface area contributed by atoms with Crippen LogP contribution in [0.5, 0.6) is 0 Å². The van der Waals surface area contributed by atoms with E-state index in [1.807, 2.05) is 0 Å². The Morgan fingerprint density at radius 3 is 2.59 bits per heavy atom. The van der Waals surface area contributed by atoms with E-state index in [1.54, 1.807) is 0 Å². The summed E-state index contributed by atoms with van der Waals surface area (Å²) in [5.74, 6) is -0.495. The van der Waals surface area contributed by atoms with Crippen LogP contribution in [-0.4, -0.2) is 21.6 Å². The third kappa shape index (κ3) is 3.09. The van der Waals surface area contributed by atoms with Crippen molar-refractivity contribution in [2.45, 2.75) is 39.2 Å². The second-order valence-electron chi connectivity index (χ2n) is 4.35. The lowest BCUT2D eigenvalue weighted by Crippen LogP contribution is -2.33. The zero-order chi connectivity index (χ0) is 13.1. The Bertz CT molecular complexity index is 414. The molecule has 0 aromatic carbocycles. The van der Waals surface area contributed by atoms with E-state index in [2.05, 4.69) is 31.1 Å². The topological polar surface area (TPSA) is 88.2 Å². The molecular weight excluding hydrogens is 218 g/mol. The van der Waals surface area contributed by atoms with Crippen molar-refractivity contribution >= 4 is 17.5 Å². The van der Waals surface area contributed by atoms with Crippen LogP contribution < -0.4 is 11.1 Å². The van der Waals surface area contributed by atoms with Crippen LogP contribution in [0.2, 0.25) is 0 Å². The SMILES string of the molecule is CCC(C)(CC)Nc1cc(C(=O)O)c(N)cn1. The quantitative estimate of drug-likeness (QED) is 0.731. The summed E-state index contributed by atoms with van der Waals surface area (Å²) >= 11 is 0. The second-order valence-corrected chi connectivity index (χ2v) is 4.35. The number of nitrogens with one attached hydrogen (secondary N) is 1. The summed E-state index contributed by atoms with van der Waals surface area (Å²) in [5.41, 5.74) is 5.72. The molecule has 0 saturated heterocycles. The summed E-state index contributed by atoms with van der Waals surface area (Å²) in [5, 5.41) is 12.2. The normalized spacial score (nSPS) is 11.2. The lowest BCUT2D eigenvalue weighted by atomic mass is 9.95. The largest absolute Gasteiger partial charge is 0.478 e. The third-order valence-electron chi connectivity index (χ3n) is 3.16. The summed E-state index contributed by atoms with van der Waals surface area (Å²) in [6.45, 7) is 6.23. The van der Waals surface area contributed by atoms with Crippen molar-refractivity contribution in [1.82, 2.24) is 4.98 Å². The fraction of sp³-hybridized carbons (Fsp3) is 0.500. The van der Waals surface area contributed by atoms with E-state index in [-0.39, 0.29) is 16.8 Å². The number of hydrogen-bond donors (Lipinski definition) is 3. The van der Waals surface area contributed by atoms with Gasteiger partial charge in [0.15, 0.2) is 0 Å². The number of carbonyl (C=O) groups is 1. The highest BCUT2D eigenvalue weighted by atomic mass is 16.4. The van der Waals surface area contributed by atoms with E-state index in [0.717, 1.165) is 12.8 Å². The summed E-state index contributed by atoms with van der Waals surface area (Å²) in [4.78, 5) is 15.0. The Labute approximate surface area is 101 Å². The third-order valence-corrected chi connectivity index (χ3v) is 3.16. The molecule has 5 heteroatoms. The molecule has 1 heterocycles. The number of pyridine rings is 1. The molecule has 0 aliphatic carbocycles. The van der Waals surface area contributed by atoms with Crippen LogP contribution in [0.3, 0.4) is 0 Å². The molecule has 1 rings (SSSR count). The number of nitrogen functional groups attached to an aromatic ring is 1. The minimum atomic E-state index is -1.04. The number of aromatic carboxylic acids is 1. The number of nitrogens with zero attached hydrogens (tertiary/aromatic N) is 1. The number of anilines is 2. The van der Waals surface area contributed by atoms with Crippen molar-refractivity contribution in [2.24, 2.45) is 0 Å². The molecule has 1 aromatic rings. The average molecular weight is 237 g/mol. The fourth-order valence-electron chi connectivity index (χ4n) is 1.46. The highest BCUT2D eigenvalue weighted by Gasteiger charge is 2.20. The van der Waals surface area contributed by atoms with E-state index < -0.39 is 5.97 Å². The first-order valence-corrected chi connectivity index (χ1v) is 5.69. The molecular formula is C12H19N3O2. The molecule has 0 amide bonds. The van der Waals surface area contributed by atoms with Gasteiger partial charge in [-0.2, -0.15) is 0 Å². The molecule has 4 N–H and O–H groups in total. The molecule has 17 heavy (non-hydrogen) atoms. The van der Waals surface area contributed by atoms with Crippen molar-refractivity contribution < 1.29 is 9.90 Å². The van der Waals surface area contributed by atoms with Gasteiger partial charge in [0.05, 0.1) is 17.4 Å². The number of carboxylic acid groups (broad SMARTS) is 1. The molecule has 0 unspecified atom stereocenters. The number of carboxylic acids is 1. The first-order chi connectivity index (χ1) is 7.91. The Kier molecular flexibility index (Phi) is 3.93. The number of hydrogen-bond acceptors (Lipinski definition) is 4. The van der Waals surface area contributed by atoms with Gasteiger partial charge in [-0.05, 0) is 25.8 Å².